The van der Waals surface area contributed by atoms with Gasteiger partial charge in [0.2, 0.25) is 0 Å². The number of hydrogen-bond donors (Lipinski definition) is 1. The SMILES string of the molecule is CCOC(CBr)OCC.CCOC(CSc1cccc(Br)c1)OCC.Sc1cccc(Br)c1. The summed E-state index contributed by atoms with van der Waals surface area (Å²) in [6.07, 6.45) is -0.181. The molecule has 0 aliphatic carbocycles. The molecule has 0 fully saturated rings. The lowest BCUT2D eigenvalue weighted by molar-refractivity contribution is -0.120. The van der Waals surface area contributed by atoms with Gasteiger partial charge in [-0.2, -0.15) is 0 Å². The van der Waals surface area contributed by atoms with Crippen LogP contribution in [0.5, 0.6) is 0 Å². The first-order valence-corrected chi connectivity index (χ1v) is 14.9. The van der Waals surface area contributed by atoms with Gasteiger partial charge in [-0.05, 0) is 64.1 Å². The molecule has 0 aromatic heterocycles. The minimum absolute atomic E-state index is 0.0694. The van der Waals surface area contributed by atoms with E-state index in [1.165, 1.54) is 4.90 Å². The van der Waals surface area contributed by atoms with Gasteiger partial charge in [-0.15, -0.1) is 24.4 Å². The summed E-state index contributed by atoms with van der Waals surface area (Å²) in [5.74, 6) is 0.818. The molecule has 0 heterocycles. The van der Waals surface area contributed by atoms with E-state index >= 15 is 0 Å². The summed E-state index contributed by atoms with van der Waals surface area (Å²) in [7, 11) is 0. The molecule has 0 N–H and O–H groups in total. The molecule has 0 atom stereocenters. The Kier molecular flexibility index (Phi) is 23.1. The lowest BCUT2D eigenvalue weighted by atomic mass is 10.4. The number of halogens is 3. The summed E-state index contributed by atoms with van der Waals surface area (Å²) >= 11 is 15.9. The van der Waals surface area contributed by atoms with E-state index in [2.05, 4.69) is 72.6 Å². The second kappa shape index (κ2) is 22.9. The van der Waals surface area contributed by atoms with Crippen molar-refractivity contribution in [3.63, 3.8) is 0 Å². The van der Waals surface area contributed by atoms with Crippen molar-refractivity contribution in [2.45, 2.75) is 50.1 Å². The van der Waals surface area contributed by atoms with Crippen molar-refractivity contribution in [3.8, 4) is 0 Å². The average Bonchev–Trinajstić information content (AvgIpc) is 2.78. The standard InChI is InChI=1S/C12H17BrO2S.C6H13BrO2.C6H5BrS/c1-3-14-12(15-4-2)9-16-11-7-5-6-10(13)8-11;1-3-8-6(5-7)9-4-2;7-5-2-1-3-6(8)4-5/h5-8,12H,3-4,9H2,1-2H3;6H,3-5H2,1-2H3;1-4,8H. The zero-order chi connectivity index (χ0) is 24.9. The molecule has 0 unspecified atom stereocenters. The molecule has 0 bridgehead atoms. The Labute approximate surface area is 234 Å². The van der Waals surface area contributed by atoms with E-state index in [-0.39, 0.29) is 12.6 Å². The van der Waals surface area contributed by atoms with Crippen molar-refractivity contribution in [1.82, 2.24) is 0 Å². The Balaban J connectivity index is 0.000000510. The predicted octanol–water partition coefficient (Wildman–Crippen LogP) is 8.46. The Morgan fingerprint density at radius 2 is 1.24 bits per heavy atom. The maximum absolute atomic E-state index is 5.48. The van der Waals surface area contributed by atoms with E-state index in [0.717, 1.165) is 24.9 Å². The van der Waals surface area contributed by atoms with Crippen molar-refractivity contribution < 1.29 is 18.9 Å². The molecule has 2 rings (SSSR count). The average molecular weight is 691 g/mol. The van der Waals surface area contributed by atoms with E-state index in [1.54, 1.807) is 11.8 Å². The largest absolute Gasteiger partial charge is 0.352 e. The molecule has 0 saturated heterocycles. The second-order valence-electron chi connectivity index (χ2n) is 6.08. The summed E-state index contributed by atoms with van der Waals surface area (Å²) in [6, 6.07) is 16.0. The molecular formula is C24H35Br3O4S2. The van der Waals surface area contributed by atoms with Crippen LogP contribution in [-0.2, 0) is 18.9 Å². The van der Waals surface area contributed by atoms with Gasteiger partial charge in [-0.1, -0.05) is 59.9 Å². The zero-order valence-corrected chi connectivity index (χ0v) is 26.1. The highest BCUT2D eigenvalue weighted by molar-refractivity contribution is 9.10. The third-order valence-corrected chi connectivity index (χ3v) is 6.35. The Morgan fingerprint density at radius 1 is 0.758 bits per heavy atom. The van der Waals surface area contributed by atoms with Crippen LogP contribution < -0.4 is 0 Å². The molecule has 0 amide bonds. The van der Waals surface area contributed by atoms with E-state index in [1.807, 2.05) is 64.1 Å². The normalized spacial score (nSPS) is 10.5. The van der Waals surface area contributed by atoms with Crippen LogP contribution in [0.15, 0.2) is 67.3 Å². The lowest BCUT2D eigenvalue weighted by Crippen LogP contribution is -2.19. The van der Waals surface area contributed by atoms with Crippen LogP contribution in [0.25, 0.3) is 0 Å². The summed E-state index contributed by atoms with van der Waals surface area (Å²) in [5.41, 5.74) is 0. The van der Waals surface area contributed by atoms with Gasteiger partial charge in [-0.25, -0.2) is 0 Å². The highest BCUT2D eigenvalue weighted by atomic mass is 79.9. The van der Waals surface area contributed by atoms with Gasteiger partial charge < -0.3 is 18.9 Å². The first-order chi connectivity index (χ1) is 15.9. The lowest BCUT2D eigenvalue weighted by Gasteiger charge is -2.16. The van der Waals surface area contributed by atoms with Gasteiger partial charge in [0.25, 0.3) is 0 Å². The number of benzene rings is 2. The van der Waals surface area contributed by atoms with Gasteiger partial charge in [0.05, 0.1) is 5.33 Å². The highest BCUT2D eigenvalue weighted by Crippen LogP contribution is 2.23. The first kappa shape index (κ1) is 33.4. The minimum Gasteiger partial charge on any atom is -0.352 e. The summed E-state index contributed by atoms with van der Waals surface area (Å²) < 4.78 is 23.5. The maximum Gasteiger partial charge on any atom is 0.167 e. The maximum atomic E-state index is 5.48. The van der Waals surface area contributed by atoms with Crippen LogP contribution in [0.1, 0.15) is 27.7 Å². The third kappa shape index (κ3) is 19.3. The topological polar surface area (TPSA) is 36.9 Å². The third-order valence-electron chi connectivity index (χ3n) is 3.53. The molecule has 0 radical (unpaired) electrons. The molecule has 188 valence electrons. The molecule has 2 aromatic rings. The predicted molar refractivity (Wildman–Crippen MR) is 154 cm³/mol. The van der Waals surface area contributed by atoms with E-state index in [0.29, 0.717) is 26.4 Å². The molecule has 0 saturated carbocycles. The fraction of sp³-hybridized carbons (Fsp3) is 0.500. The molecular weight excluding hydrogens is 656 g/mol. The molecule has 33 heavy (non-hydrogen) atoms. The van der Waals surface area contributed by atoms with Gasteiger partial charge in [0.1, 0.15) is 0 Å². The van der Waals surface area contributed by atoms with Crippen LogP contribution >= 0.6 is 72.2 Å². The Hall–Kier alpha value is 0.420. The van der Waals surface area contributed by atoms with Gasteiger partial charge in [0, 0.05) is 50.9 Å². The van der Waals surface area contributed by atoms with Crippen LogP contribution in [0.2, 0.25) is 0 Å². The van der Waals surface area contributed by atoms with Crippen LogP contribution in [-0.4, -0.2) is 50.1 Å². The number of thiol groups is 1. The minimum atomic E-state index is -0.112. The summed E-state index contributed by atoms with van der Waals surface area (Å²) in [5, 5.41) is 0.745. The smallest absolute Gasteiger partial charge is 0.167 e. The van der Waals surface area contributed by atoms with E-state index in [4.69, 9.17) is 18.9 Å². The van der Waals surface area contributed by atoms with Crippen LogP contribution in [0.4, 0.5) is 0 Å². The fourth-order valence-corrected chi connectivity index (χ4v) is 4.85. The van der Waals surface area contributed by atoms with E-state index in [9.17, 15) is 0 Å². The number of hydrogen-bond acceptors (Lipinski definition) is 6. The van der Waals surface area contributed by atoms with Crippen LogP contribution in [0.3, 0.4) is 0 Å². The monoisotopic (exact) mass is 688 g/mol. The quantitative estimate of drug-likeness (QED) is 0.105. The zero-order valence-electron chi connectivity index (χ0n) is 19.6. The first-order valence-electron chi connectivity index (χ1n) is 10.7. The second-order valence-corrected chi connectivity index (χ2v) is 10.2. The number of alkyl halides is 1. The number of ether oxygens (including phenoxy) is 4. The van der Waals surface area contributed by atoms with Crippen LogP contribution in [0, 0.1) is 0 Å². The summed E-state index contributed by atoms with van der Waals surface area (Å²) in [6.45, 7) is 10.6. The van der Waals surface area contributed by atoms with Crippen molar-refractivity contribution in [3.05, 3.63) is 57.5 Å². The van der Waals surface area contributed by atoms with Gasteiger partial charge in [-0.3, -0.25) is 0 Å². The van der Waals surface area contributed by atoms with E-state index < -0.39 is 0 Å². The van der Waals surface area contributed by atoms with Gasteiger partial charge in [0.15, 0.2) is 12.6 Å². The van der Waals surface area contributed by atoms with Gasteiger partial charge >= 0.3 is 0 Å². The van der Waals surface area contributed by atoms with Crippen molar-refractivity contribution in [2.75, 3.05) is 37.5 Å². The molecule has 0 spiro atoms. The highest BCUT2D eigenvalue weighted by Gasteiger charge is 2.08. The number of thioether (sulfide) groups is 1. The van der Waals surface area contributed by atoms with Crippen molar-refractivity contribution in [1.29, 1.82) is 0 Å². The molecule has 0 aliphatic heterocycles. The Morgan fingerprint density at radius 3 is 1.64 bits per heavy atom. The van der Waals surface area contributed by atoms with Crippen molar-refractivity contribution >= 4 is 72.2 Å². The molecule has 2 aromatic carbocycles. The molecule has 9 heteroatoms. The van der Waals surface area contributed by atoms with Crippen molar-refractivity contribution in [2.24, 2.45) is 0 Å². The molecule has 0 aliphatic rings. The molecule has 4 nitrogen and oxygen atoms in total. The Bertz CT molecular complexity index is 696. The number of rotatable bonds is 12. The fourth-order valence-electron chi connectivity index (χ4n) is 2.22. The summed E-state index contributed by atoms with van der Waals surface area (Å²) in [4.78, 5) is 2.21.